The average Bonchev–Trinajstić information content (AvgIpc) is 3.11. The molecule has 104 valence electrons. The highest BCUT2D eigenvalue weighted by atomic mass is 15.4. The van der Waals surface area contributed by atoms with Crippen LogP contribution in [0.4, 0.5) is 5.95 Å². The second-order valence-corrected chi connectivity index (χ2v) is 4.39. The molecule has 0 amide bonds. The van der Waals surface area contributed by atoms with Crippen molar-refractivity contribution in [3.8, 4) is 5.82 Å². The molecule has 3 rings (SSSR count). The van der Waals surface area contributed by atoms with Crippen molar-refractivity contribution in [3.05, 3.63) is 23.7 Å². The lowest BCUT2D eigenvalue weighted by Gasteiger charge is -2.07. The number of nitrogens with zero attached hydrogens (tertiary/aromatic N) is 5. The Morgan fingerprint density at radius 1 is 1.30 bits per heavy atom. The van der Waals surface area contributed by atoms with E-state index in [1.54, 1.807) is 6.20 Å². The molecule has 0 radical (unpaired) electrons. The maximum absolute atomic E-state index is 5.42. The number of hydrogen-bond donors (Lipinski definition) is 3. The summed E-state index contributed by atoms with van der Waals surface area (Å²) in [6, 6.07) is 2.09. The summed E-state index contributed by atoms with van der Waals surface area (Å²) in [5.41, 5.74) is 5.21. The van der Waals surface area contributed by atoms with Gasteiger partial charge in [0.05, 0.1) is 17.3 Å². The monoisotopic (exact) mass is 272 g/mol. The van der Waals surface area contributed by atoms with Gasteiger partial charge in [-0.15, -0.1) is 0 Å². The average molecular weight is 272 g/mol. The van der Waals surface area contributed by atoms with Gasteiger partial charge in [-0.2, -0.15) is 20.2 Å². The molecule has 3 heterocycles. The molecule has 4 N–H and O–H groups in total. The molecule has 3 aromatic heterocycles. The van der Waals surface area contributed by atoms with Crippen LogP contribution in [0, 0.1) is 0 Å². The fourth-order valence-corrected chi connectivity index (χ4v) is 2.13. The summed E-state index contributed by atoms with van der Waals surface area (Å²) in [5, 5.41) is 12.2. The van der Waals surface area contributed by atoms with Gasteiger partial charge in [0.15, 0.2) is 11.5 Å². The van der Waals surface area contributed by atoms with Crippen LogP contribution in [0.3, 0.4) is 0 Å². The van der Waals surface area contributed by atoms with E-state index < -0.39 is 0 Å². The number of aromatic nitrogens is 6. The highest BCUT2D eigenvalue weighted by molar-refractivity contribution is 5.82. The van der Waals surface area contributed by atoms with Crippen molar-refractivity contribution >= 4 is 17.0 Å². The van der Waals surface area contributed by atoms with Crippen LogP contribution >= 0.6 is 0 Å². The lowest BCUT2D eigenvalue weighted by atomic mass is 10.2. The van der Waals surface area contributed by atoms with Gasteiger partial charge in [0.1, 0.15) is 0 Å². The summed E-state index contributed by atoms with van der Waals surface area (Å²) >= 11 is 0. The number of nitrogens with one attached hydrogen (secondary N) is 2. The molecule has 0 saturated carbocycles. The van der Waals surface area contributed by atoms with Gasteiger partial charge in [0.25, 0.3) is 0 Å². The zero-order valence-electron chi connectivity index (χ0n) is 11.4. The number of nitrogen functional groups attached to an aromatic ring is 1. The molecule has 0 fully saturated rings. The topological polar surface area (TPSA) is 110 Å². The van der Waals surface area contributed by atoms with Crippen LogP contribution in [0.1, 0.15) is 25.2 Å². The van der Waals surface area contributed by atoms with Crippen molar-refractivity contribution < 1.29 is 0 Å². The molecule has 0 atom stereocenters. The Kier molecular flexibility index (Phi) is 3.07. The Morgan fingerprint density at radius 3 is 2.85 bits per heavy atom. The molecular formula is C12H16N8. The number of nitrogens with two attached hydrogens (primary N) is 1. The third-order valence-corrected chi connectivity index (χ3v) is 3.18. The molecule has 8 nitrogen and oxygen atoms in total. The summed E-state index contributed by atoms with van der Waals surface area (Å²) in [6.45, 7) is 4.16. The minimum Gasteiger partial charge on any atom is -0.292 e. The largest absolute Gasteiger partial charge is 0.292 e. The molecule has 8 heteroatoms. The van der Waals surface area contributed by atoms with E-state index in [0.29, 0.717) is 17.4 Å². The summed E-state index contributed by atoms with van der Waals surface area (Å²) in [4.78, 5) is 8.63. The molecule has 0 aliphatic rings. The highest BCUT2D eigenvalue weighted by Crippen LogP contribution is 2.21. The second-order valence-electron chi connectivity index (χ2n) is 4.39. The lowest BCUT2D eigenvalue weighted by molar-refractivity contribution is 0.776. The molecule has 20 heavy (non-hydrogen) atoms. The van der Waals surface area contributed by atoms with Gasteiger partial charge >= 0.3 is 0 Å². The molecule has 0 aliphatic carbocycles. The number of aromatic amines is 1. The molecule has 0 aliphatic heterocycles. The SMILES string of the molecule is CCc1cc(CC)n(-c2nc(NN)nc3[nH]ncc23)n1. The number of aryl methyl sites for hydroxylation is 2. The van der Waals surface area contributed by atoms with Crippen molar-refractivity contribution in [2.45, 2.75) is 26.7 Å². The van der Waals surface area contributed by atoms with Gasteiger partial charge in [0, 0.05) is 5.69 Å². The summed E-state index contributed by atoms with van der Waals surface area (Å²) in [5.74, 6) is 6.42. The molecule has 0 aromatic carbocycles. The zero-order valence-corrected chi connectivity index (χ0v) is 11.4. The summed E-state index contributed by atoms with van der Waals surface area (Å²) < 4.78 is 1.83. The van der Waals surface area contributed by atoms with Crippen LogP contribution in [-0.2, 0) is 12.8 Å². The predicted molar refractivity (Wildman–Crippen MR) is 75.4 cm³/mol. The van der Waals surface area contributed by atoms with E-state index in [9.17, 15) is 0 Å². The lowest BCUT2D eigenvalue weighted by Crippen LogP contribution is -2.13. The van der Waals surface area contributed by atoms with E-state index in [1.807, 2.05) is 4.68 Å². The molecule has 0 saturated heterocycles. The fraction of sp³-hybridized carbons (Fsp3) is 0.333. The molecular weight excluding hydrogens is 256 g/mol. The fourth-order valence-electron chi connectivity index (χ4n) is 2.13. The molecule has 3 aromatic rings. The Labute approximate surface area is 115 Å². The first kappa shape index (κ1) is 12.5. The minimum absolute atomic E-state index is 0.326. The first-order valence-electron chi connectivity index (χ1n) is 6.52. The van der Waals surface area contributed by atoms with E-state index in [2.05, 4.69) is 50.6 Å². The predicted octanol–water partition coefficient (Wildman–Crippen LogP) is 0.949. The third kappa shape index (κ3) is 1.90. The molecule has 0 spiro atoms. The van der Waals surface area contributed by atoms with Crippen molar-refractivity contribution in [1.82, 2.24) is 29.9 Å². The first-order chi connectivity index (χ1) is 9.76. The Hall–Kier alpha value is -2.48. The number of anilines is 1. The normalized spacial score (nSPS) is 11.2. The Morgan fingerprint density at radius 2 is 2.15 bits per heavy atom. The third-order valence-electron chi connectivity index (χ3n) is 3.18. The van der Waals surface area contributed by atoms with E-state index in [0.717, 1.165) is 29.6 Å². The van der Waals surface area contributed by atoms with Crippen molar-refractivity contribution in [2.24, 2.45) is 5.84 Å². The van der Waals surface area contributed by atoms with Crippen LogP contribution in [0.15, 0.2) is 12.3 Å². The summed E-state index contributed by atoms with van der Waals surface area (Å²) in [7, 11) is 0. The van der Waals surface area contributed by atoms with Gasteiger partial charge in [-0.05, 0) is 18.9 Å². The van der Waals surface area contributed by atoms with Crippen LogP contribution in [0.2, 0.25) is 0 Å². The highest BCUT2D eigenvalue weighted by Gasteiger charge is 2.15. The molecule has 0 unspecified atom stereocenters. The number of fused-ring (bicyclic) bond motifs is 1. The van der Waals surface area contributed by atoms with Crippen LogP contribution in [0.5, 0.6) is 0 Å². The van der Waals surface area contributed by atoms with Gasteiger partial charge in [-0.1, -0.05) is 13.8 Å². The van der Waals surface area contributed by atoms with E-state index in [4.69, 9.17) is 5.84 Å². The van der Waals surface area contributed by atoms with Gasteiger partial charge in [-0.3, -0.25) is 10.5 Å². The maximum Gasteiger partial charge on any atom is 0.241 e. The molecule has 0 bridgehead atoms. The number of rotatable bonds is 4. The van der Waals surface area contributed by atoms with Gasteiger partial charge in [-0.25, -0.2) is 10.5 Å². The Balaban J connectivity index is 2.27. The smallest absolute Gasteiger partial charge is 0.241 e. The van der Waals surface area contributed by atoms with E-state index in [-0.39, 0.29) is 0 Å². The second kappa shape index (κ2) is 4.89. The van der Waals surface area contributed by atoms with Gasteiger partial charge < -0.3 is 0 Å². The maximum atomic E-state index is 5.42. The number of H-pyrrole nitrogens is 1. The van der Waals surface area contributed by atoms with Crippen molar-refractivity contribution in [2.75, 3.05) is 5.43 Å². The number of hydrazine groups is 1. The van der Waals surface area contributed by atoms with Crippen molar-refractivity contribution in [1.29, 1.82) is 0 Å². The Bertz CT molecular complexity index is 741. The van der Waals surface area contributed by atoms with Crippen molar-refractivity contribution in [3.63, 3.8) is 0 Å². The van der Waals surface area contributed by atoms with Gasteiger partial charge in [0.2, 0.25) is 5.95 Å². The zero-order chi connectivity index (χ0) is 14.1. The minimum atomic E-state index is 0.326. The summed E-state index contributed by atoms with van der Waals surface area (Å²) in [6.07, 6.45) is 3.43. The number of hydrogen-bond acceptors (Lipinski definition) is 6. The van der Waals surface area contributed by atoms with E-state index in [1.165, 1.54) is 0 Å². The quantitative estimate of drug-likeness (QED) is 0.481. The van der Waals surface area contributed by atoms with Crippen LogP contribution < -0.4 is 11.3 Å². The van der Waals surface area contributed by atoms with E-state index >= 15 is 0 Å². The van der Waals surface area contributed by atoms with Crippen LogP contribution in [0.25, 0.3) is 16.9 Å². The standard InChI is InChI=1S/C12H16N8/c1-3-7-5-8(4-2)20(19-7)11-9-6-14-18-10(9)15-12(16-11)17-13/h5-6H,3-4,13H2,1-2H3,(H2,14,15,16,17,18). The van der Waals surface area contributed by atoms with Crippen LogP contribution in [-0.4, -0.2) is 29.9 Å². The first-order valence-corrected chi connectivity index (χ1v) is 6.52.